The van der Waals surface area contributed by atoms with Gasteiger partial charge in [-0.25, -0.2) is 0 Å². The van der Waals surface area contributed by atoms with E-state index < -0.39 is 86.8 Å². The zero-order valence-corrected chi connectivity index (χ0v) is 47.7. The van der Waals surface area contributed by atoms with Gasteiger partial charge in [-0.05, 0) is 70.6 Å². The molecule has 0 spiro atoms. The molecule has 2 fully saturated rings. The third kappa shape index (κ3) is 33.5. The summed E-state index contributed by atoms with van der Waals surface area (Å²) in [5.41, 5.74) is 0. The highest BCUT2D eigenvalue weighted by Crippen LogP contribution is 2.30. The third-order valence-electron chi connectivity index (χ3n) is 14.3. The molecular formula is C63H109NO13. The Bertz CT molecular complexity index is 1610. The minimum Gasteiger partial charge on any atom is -0.394 e. The van der Waals surface area contributed by atoms with Crippen LogP contribution < -0.4 is 5.32 Å². The summed E-state index contributed by atoms with van der Waals surface area (Å²) in [6, 6.07) is -0.913. The van der Waals surface area contributed by atoms with Crippen LogP contribution in [0.15, 0.2) is 85.1 Å². The SMILES string of the molecule is CC/C=C\C/C=C\C/C=C\C/C=C\C/C=C\C/C=C\CCCCCCCCCCCCCCCCCCCCC(=O)NC(COC1OC(CO)C(OC2OC(CO)C(O)C(O)C2O)C(O)C1O)C(O)/C=C/CCCCCC. The molecule has 2 saturated heterocycles. The number of nitrogens with one attached hydrogen (secondary N) is 1. The molecule has 444 valence electrons. The first kappa shape index (κ1) is 70.3. The van der Waals surface area contributed by atoms with Gasteiger partial charge >= 0.3 is 0 Å². The number of unbranched alkanes of at least 4 members (excludes halogenated alkanes) is 22. The molecule has 0 aromatic heterocycles. The average molecular weight is 1090 g/mol. The van der Waals surface area contributed by atoms with Crippen molar-refractivity contribution in [3.05, 3.63) is 85.1 Å². The Kier molecular flexibility index (Phi) is 43.7. The first-order valence-corrected chi connectivity index (χ1v) is 30.3. The number of aliphatic hydroxyl groups is 8. The number of carbonyl (C=O) groups is 1. The molecule has 2 aliphatic rings. The van der Waals surface area contributed by atoms with Crippen molar-refractivity contribution >= 4 is 5.91 Å². The molecule has 14 heteroatoms. The first-order valence-electron chi connectivity index (χ1n) is 30.3. The van der Waals surface area contributed by atoms with E-state index in [4.69, 9.17) is 18.9 Å². The van der Waals surface area contributed by atoms with Gasteiger partial charge in [0.15, 0.2) is 12.6 Å². The fourth-order valence-corrected chi connectivity index (χ4v) is 9.47. The average Bonchev–Trinajstić information content (AvgIpc) is 3.43. The van der Waals surface area contributed by atoms with Crippen molar-refractivity contribution in [2.45, 2.75) is 286 Å². The summed E-state index contributed by atoms with van der Waals surface area (Å²) in [5, 5.41) is 86.5. The van der Waals surface area contributed by atoms with E-state index in [1.54, 1.807) is 6.08 Å². The molecule has 2 heterocycles. The number of hydrogen-bond acceptors (Lipinski definition) is 13. The molecule has 0 aromatic rings. The monoisotopic (exact) mass is 1090 g/mol. The van der Waals surface area contributed by atoms with Gasteiger partial charge in [0.1, 0.15) is 48.8 Å². The smallest absolute Gasteiger partial charge is 0.220 e. The van der Waals surface area contributed by atoms with E-state index in [9.17, 15) is 45.6 Å². The van der Waals surface area contributed by atoms with Gasteiger partial charge in [-0.2, -0.15) is 0 Å². The number of ether oxygens (including phenoxy) is 4. The first-order chi connectivity index (χ1) is 37.6. The molecular weight excluding hydrogens is 979 g/mol. The number of amides is 1. The maximum absolute atomic E-state index is 13.1. The van der Waals surface area contributed by atoms with Crippen LogP contribution in [-0.2, 0) is 23.7 Å². The summed E-state index contributed by atoms with van der Waals surface area (Å²) in [5.74, 6) is -0.247. The second-order valence-corrected chi connectivity index (χ2v) is 21.1. The summed E-state index contributed by atoms with van der Waals surface area (Å²) >= 11 is 0. The lowest BCUT2D eigenvalue weighted by Crippen LogP contribution is -2.65. The predicted molar refractivity (Wildman–Crippen MR) is 309 cm³/mol. The molecule has 12 unspecified atom stereocenters. The lowest BCUT2D eigenvalue weighted by molar-refractivity contribution is -0.359. The number of hydrogen-bond donors (Lipinski definition) is 9. The van der Waals surface area contributed by atoms with E-state index in [0.29, 0.717) is 6.42 Å². The molecule has 0 aromatic carbocycles. The van der Waals surface area contributed by atoms with Gasteiger partial charge in [0.25, 0.3) is 0 Å². The van der Waals surface area contributed by atoms with Crippen LogP contribution in [0.1, 0.15) is 213 Å². The maximum atomic E-state index is 13.1. The second kappa shape index (κ2) is 47.9. The normalized spacial score (nSPS) is 25.3. The lowest BCUT2D eigenvalue weighted by atomic mass is 9.97. The number of rotatable bonds is 47. The summed E-state index contributed by atoms with van der Waals surface area (Å²) in [7, 11) is 0. The quantitative estimate of drug-likeness (QED) is 0.0204. The van der Waals surface area contributed by atoms with E-state index in [2.05, 4.69) is 92.1 Å². The van der Waals surface area contributed by atoms with Gasteiger partial charge < -0.3 is 65.1 Å². The van der Waals surface area contributed by atoms with Crippen molar-refractivity contribution in [1.29, 1.82) is 0 Å². The van der Waals surface area contributed by atoms with E-state index >= 15 is 0 Å². The van der Waals surface area contributed by atoms with Gasteiger partial charge in [0, 0.05) is 6.42 Å². The highest BCUT2D eigenvalue weighted by atomic mass is 16.7. The van der Waals surface area contributed by atoms with Crippen LogP contribution in [0.4, 0.5) is 0 Å². The minimum atomic E-state index is -1.79. The lowest BCUT2D eigenvalue weighted by Gasteiger charge is -2.46. The van der Waals surface area contributed by atoms with Gasteiger partial charge in [-0.1, -0.05) is 221 Å². The molecule has 14 nitrogen and oxygen atoms in total. The zero-order valence-electron chi connectivity index (χ0n) is 47.7. The Labute approximate surface area is 465 Å². The largest absolute Gasteiger partial charge is 0.394 e. The Morgan fingerprint density at radius 3 is 1.38 bits per heavy atom. The molecule has 9 N–H and O–H groups in total. The van der Waals surface area contributed by atoms with Gasteiger partial charge in [0.05, 0.1) is 32.0 Å². The fraction of sp³-hybridized carbons (Fsp3) is 0.762. The van der Waals surface area contributed by atoms with Crippen LogP contribution in [0.5, 0.6) is 0 Å². The Hall–Kier alpha value is -2.83. The molecule has 1 amide bonds. The van der Waals surface area contributed by atoms with E-state index in [1.807, 2.05) is 6.08 Å². The molecule has 2 aliphatic heterocycles. The third-order valence-corrected chi connectivity index (χ3v) is 14.3. The summed E-state index contributed by atoms with van der Waals surface area (Å²) in [4.78, 5) is 13.1. The van der Waals surface area contributed by atoms with Crippen LogP contribution in [0, 0.1) is 0 Å². The van der Waals surface area contributed by atoms with Crippen molar-refractivity contribution in [3.63, 3.8) is 0 Å². The molecule has 12 atom stereocenters. The summed E-state index contributed by atoms with van der Waals surface area (Å²) < 4.78 is 22.6. The molecule has 0 saturated carbocycles. The molecule has 0 bridgehead atoms. The Morgan fingerprint density at radius 2 is 0.896 bits per heavy atom. The van der Waals surface area contributed by atoms with Gasteiger partial charge in [-0.3, -0.25) is 4.79 Å². The molecule has 77 heavy (non-hydrogen) atoms. The maximum Gasteiger partial charge on any atom is 0.220 e. The van der Waals surface area contributed by atoms with E-state index in [0.717, 1.165) is 89.9 Å². The van der Waals surface area contributed by atoms with Gasteiger partial charge in [-0.15, -0.1) is 0 Å². The van der Waals surface area contributed by atoms with Crippen molar-refractivity contribution in [1.82, 2.24) is 5.32 Å². The molecule has 0 radical (unpaired) electrons. The van der Waals surface area contributed by atoms with E-state index in [-0.39, 0.29) is 18.9 Å². The standard InChI is InChI=1S/C63H109NO13/c1-3-5-7-9-11-12-13-14-15-16-17-18-19-20-21-22-23-24-25-26-27-28-29-30-31-32-33-34-35-36-37-38-39-40-41-43-45-47-55(68)64-51(52(67)46-44-42-10-8-6-4-2)50-74-62-60(73)58(71)61(54(49-66)76-62)77-63-59(72)57(70)56(69)53(48-65)75-63/h5,7,11-12,14-15,17-18,20-21,23-24,44,46,51-54,56-63,65-67,69-73H,3-4,6,8-10,13,16,19,22,25-43,45,47-50H2,1-2H3,(H,64,68)/b7-5-,12-11-,15-14-,18-17-,21-20-,24-23-,46-44+. The zero-order chi connectivity index (χ0) is 56.0. The van der Waals surface area contributed by atoms with Crippen LogP contribution in [0.3, 0.4) is 0 Å². The molecule has 0 aliphatic carbocycles. The number of aliphatic hydroxyl groups excluding tert-OH is 8. The van der Waals surface area contributed by atoms with Crippen LogP contribution in [0.25, 0.3) is 0 Å². The van der Waals surface area contributed by atoms with Crippen molar-refractivity contribution < 1.29 is 64.6 Å². The van der Waals surface area contributed by atoms with Crippen molar-refractivity contribution in [2.24, 2.45) is 0 Å². The van der Waals surface area contributed by atoms with Gasteiger partial charge in [0.2, 0.25) is 5.91 Å². The summed E-state index contributed by atoms with van der Waals surface area (Å²) in [6.07, 6.45) is 48.5. The Morgan fingerprint density at radius 1 is 0.481 bits per heavy atom. The van der Waals surface area contributed by atoms with E-state index in [1.165, 1.54) is 96.3 Å². The molecule has 2 rings (SSSR count). The topological polar surface area (TPSA) is 228 Å². The van der Waals surface area contributed by atoms with Crippen LogP contribution in [-0.4, -0.2) is 140 Å². The van der Waals surface area contributed by atoms with Crippen LogP contribution in [0.2, 0.25) is 0 Å². The predicted octanol–water partition coefficient (Wildman–Crippen LogP) is 10.5. The minimum absolute atomic E-state index is 0.247. The highest BCUT2D eigenvalue weighted by molar-refractivity contribution is 5.76. The Balaban J connectivity index is 1.53. The second-order valence-electron chi connectivity index (χ2n) is 21.1. The fourth-order valence-electron chi connectivity index (χ4n) is 9.47. The van der Waals surface area contributed by atoms with Crippen LogP contribution >= 0.6 is 0 Å². The number of allylic oxidation sites excluding steroid dienone is 13. The number of carbonyl (C=O) groups excluding carboxylic acids is 1. The summed E-state index contributed by atoms with van der Waals surface area (Å²) in [6.45, 7) is 2.58. The van der Waals surface area contributed by atoms with Crippen molar-refractivity contribution in [2.75, 3.05) is 19.8 Å². The highest BCUT2D eigenvalue weighted by Gasteiger charge is 2.51. The van der Waals surface area contributed by atoms with Crippen molar-refractivity contribution in [3.8, 4) is 0 Å².